The molecule has 0 saturated carbocycles. The lowest BCUT2D eigenvalue weighted by molar-refractivity contribution is 0.186. The Morgan fingerprint density at radius 1 is 1.38 bits per heavy atom. The Kier molecular flexibility index (Phi) is 5.82. The lowest BCUT2D eigenvalue weighted by Crippen LogP contribution is -2.07. The smallest absolute Gasteiger partial charge is 0.183 e. The van der Waals surface area contributed by atoms with Gasteiger partial charge in [0.2, 0.25) is 0 Å². The number of methoxy groups -OCH3 is 1. The van der Waals surface area contributed by atoms with Crippen molar-refractivity contribution in [2.24, 2.45) is 0 Å². The average Bonchev–Trinajstić information content (AvgIpc) is 3.03. The highest BCUT2D eigenvalue weighted by atomic mass is 32.1. The largest absolute Gasteiger partial charge is 0.383 e. The number of hydrogen-bond donors (Lipinski definition) is 1. The second-order valence-corrected chi connectivity index (χ2v) is 6.11. The van der Waals surface area contributed by atoms with Crippen molar-refractivity contribution in [1.29, 1.82) is 0 Å². The van der Waals surface area contributed by atoms with E-state index in [9.17, 15) is 0 Å². The van der Waals surface area contributed by atoms with Crippen molar-refractivity contribution >= 4 is 16.5 Å². The van der Waals surface area contributed by atoms with Crippen LogP contribution in [0.5, 0.6) is 0 Å². The second kappa shape index (κ2) is 7.61. The maximum atomic E-state index is 5.19. The van der Waals surface area contributed by atoms with Crippen molar-refractivity contribution in [3.63, 3.8) is 0 Å². The molecule has 0 aliphatic carbocycles. The van der Waals surface area contributed by atoms with Gasteiger partial charge in [0.05, 0.1) is 12.3 Å². The molecule has 5 heteroatoms. The van der Waals surface area contributed by atoms with E-state index in [4.69, 9.17) is 9.72 Å². The Bertz CT molecular complexity index is 574. The van der Waals surface area contributed by atoms with Gasteiger partial charge in [0.15, 0.2) is 5.13 Å². The molecule has 21 heavy (non-hydrogen) atoms. The van der Waals surface area contributed by atoms with Gasteiger partial charge >= 0.3 is 0 Å². The van der Waals surface area contributed by atoms with Crippen molar-refractivity contribution in [1.82, 2.24) is 9.55 Å². The summed E-state index contributed by atoms with van der Waals surface area (Å²) in [4.78, 5) is 4.71. The number of aryl methyl sites for hydroxylation is 1. The molecular weight excluding hydrogens is 282 g/mol. The van der Waals surface area contributed by atoms with Crippen LogP contribution in [0.3, 0.4) is 0 Å². The highest BCUT2D eigenvalue weighted by molar-refractivity contribution is 7.14. The van der Waals surface area contributed by atoms with Gasteiger partial charge in [0.1, 0.15) is 0 Å². The molecule has 0 aliphatic heterocycles. The van der Waals surface area contributed by atoms with Crippen LogP contribution in [0.1, 0.15) is 31.2 Å². The van der Waals surface area contributed by atoms with Gasteiger partial charge in [-0.05, 0) is 26.3 Å². The average molecular weight is 307 g/mol. The molecule has 2 aromatic rings. The van der Waals surface area contributed by atoms with E-state index < -0.39 is 0 Å². The molecule has 0 aliphatic rings. The fourth-order valence-corrected chi connectivity index (χ4v) is 3.18. The Morgan fingerprint density at radius 3 is 2.90 bits per heavy atom. The molecular formula is C16H25N3OS. The first kappa shape index (κ1) is 16.0. The molecule has 0 saturated heterocycles. The van der Waals surface area contributed by atoms with Gasteiger partial charge in [0.25, 0.3) is 0 Å². The Hall–Kier alpha value is -1.33. The first-order chi connectivity index (χ1) is 10.2. The van der Waals surface area contributed by atoms with Crippen LogP contribution in [0.2, 0.25) is 0 Å². The molecule has 0 aromatic carbocycles. The zero-order chi connectivity index (χ0) is 15.2. The molecule has 2 aromatic heterocycles. The number of aromatic nitrogens is 2. The first-order valence-corrected chi connectivity index (χ1v) is 8.40. The van der Waals surface area contributed by atoms with Crippen molar-refractivity contribution in [3.05, 3.63) is 22.8 Å². The molecule has 0 spiro atoms. The normalized spacial score (nSPS) is 11.0. The minimum atomic E-state index is 0.733. The number of hydrogen-bond acceptors (Lipinski definition) is 4. The van der Waals surface area contributed by atoms with Crippen LogP contribution in [0.15, 0.2) is 11.4 Å². The van der Waals surface area contributed by atoms with Crippen LogP contribution < -0.4 is 5.32 Å². The summed E-state index contributed by atoms with van der Waals surface area (Å²) < 4.78 is 7.48. The molecule has 2 heterocycles. The predicted octanol–water partition coefficient (Wildman–Crippen LogP) is 4.09. The number of anilines is 1. The van der Waals surface area contributed by atoms with Gasteiger partial charge in [-0.2, -0.15) is 0 Å². The third-order valence-corrected chi connectivity index (χ3v) is 4.48. The van der Waals surface area contributed by atoms with Crippen LogP contribution in [-0.4, -0.2) is 29.8 Å². The number of thiazole rings is 1. The molecule has 4 nitrogen and oxygen atoms in total. The van der Waals surface area contributed by atoms with Crippen molar-refractivity contribution in [2.45, 2.75) is 40.2 Å². The van der Waals surface area contributed by atoms with E-state index in [2.05, 4.69) is 42.1 Å². The molecule has 0 unspecified atom stereocenters. The van der Waals surface area contributed by atoms with Gasteiger partial charge in [0, 0.05) is 42.5 Å². The minimum Gasteiger partial charge on any atom is -0.383 e. The Morgan fingerprint density at radius 2 is 2.19 bits per heavy atom. The van der Waals surface area contributed by atoms with E-state index >= 15 is 0 Å². The van der Waals surface area contributed by atoms with E-state index in [0.29, 0.717) is 0 Å². The third kappa shape index (κ3) is 3.86. The molecule has 0 atom stereocenters. The Balaban J connectivity index is 2.14. The lowest BCUT2D eigenvalue weighted by atomic mass is 10.2. The van der Waals surface area contributed by atoms with Crippen LogP contribution in [0, 0.1) is 13.8 Å². The monoisotopic (exact) mass is 307 g/mol. The van der Waals surface area contributed by atoms with E-state index in [1.807, 2.05) is 0 Å². The fraction of sp³-hybridized carbons (Fsp3) is 0.562. The molecule has 2 rings (SSSR count). The summed E-state index contributed by atoms with van der Waals surface area (Å²) in [5.74, 6) is 0. The van der Waals surface area contributed by atoms with Crippen LogP contribution >= 0.6 is 11.3 Å². The van der Waals surface area contributed by atoms with E-state index in [1.54, 1.807) is 18.4 Å². The SMILES string of the molecule is CCCCNc1nc(-c2cc(C)n(CCOC)c2C)cs1. The van der Waals surface area contributed by atoms with Gasteiger partial charge in [-0.1, -0.05) is 13.3 Å². The Labute approximate surface area is 131 Å². The molecule has 0 fully saturated rings. The number of nitrogens with one attached hydrogen (secondary N) is 1. The number of unbranched alkanes of at least 4 members (excludes halogenated alkanes) is 1. The zero-order valence-electron chi connectivity index (χ0n) is 13.4. The summed E-state index contributed by atoms with van der Waals surface area (Å²) in [6, 6.07) is 2.22. The maximum Gasteiger partial charge on any atom is 0.183 e. The molecule has 0 amide bonds. The topological polar surface area (TPSA) is 39.1 Å². The van der Waals surface area contributed by atoms with Crippen molar-refractivity contribution in [2.75, 3.05) is 25.6 Å². The molecule has 0 bridgehead atoms. The number of rotatable bonds is 8. The number of ether oxygens (including phenoxy) is 1. The first-order valence-electron chi connectivity index (χ1n) is 7.52. The standard InChI is InChI=1S/C16H25N3OS/c1-5-6-7-17-16-18-15(11-21-16)14-10-12(2)19(13(14)3)8-9-20-4/h10-11H,5-9H2,1-4H3,(H,17,18). The maximum absolute atomic E-state index is 5.19. The summed E-state index contributed by atoms with van der Waals surface area (Å²) >= 11 is 1.68. The van der Waals surface area contributed by atoms with Crippen LogP contribution in [-0.2, 0) is 11.3 Å². The highest BCUT2D eigenvalue weighted by Gasteiger charge is 2.13. The summed E-state index contributed by atoms with van der Waals surface area (Å²) in [5.41, 5.74) is 4.81. The van der Waals surface area contributed by atoms with Crippen LogP contribution in [0.25, 0.3) is 11.3 Å². The minimum absolute atomic E-state index is 0.733. The van der Waals surface area contributed by atoms with Crippen molar-refractivity contribution < 1.29 is 4.74 Å². The quantitative estimate of drug-likeness (QED) is 0.747. The van der Waals surface area contributed by atoms with Crippen LogP contribution in [0.4, 0.5) is 5.13 Å². The second-order valence-electron chi connectivity index (χ2n) is 5.25. The van der Waals surface area contributed by atoms with Gasteiger partial charge in [-0.15, -0.1) is 11.3 Å². The summed E-state index contributed by atoms with van der Waals surface area (Å²) in [6.45, 7) is 9.11. The van der Waals surface area contributed by atoms with E-state index in [0.717, 1.165) is 30.5 Å². The third-order valence-electron chi connectivity index (χ3n) is 3.68. The highest BCUT2D eigenvalue weighted by Crippen LogP contribution is 2.29. The van der Waals surface area contributed by atoms with E-state index in [-0.39, 0.29) is 0 Å². The van der Waals surface area contributed by atoms with Gasteiger partial charge in [-0.25, -0.2) is 4.98 Å². The molecule has 116 valence electrons. The molecule has 0 radical (unpaired) electrons. The zero-order valence-corrected chi connectivity index (χ0v) is 14.2. The summed E-state index contributed by atoms with van der Waals surface area (Å²) in [5, 5.41) is 6.54. The predicted molar refractivity (Wildman–Crippen MR) is 90.3 cm³/mol. The summed E-state index contributed by atoms with van der Waals surface area (Å²) in [7, 11) is 1.74. The molecule has 1 N–H and O–H groups in total. The van der Waals surface area contributed by atoms with E-state index in [1.165, 1.54) is 29.8 Å². The van der Waals surface area contributed by atoms with Crippen molar-refractivity contribution in [3.8, 4) is 11.3 Å². The summed E-state index contributed by atoms with van der Waals surface area (Å²) in [6.07, 6.45) is 2.38. The lowest BCUT2D eigenvalue weighted by Gasteiger charge is -2.08. The number of nitrogens with zero attached hydrogens (tertiary/aromatic N) is 2. The fourth-order valence-electron chi connectivity index (χ4n) is 2.44. The van der Waals surface area contributed by atoms with Gasteiger partial charge < -0.3 is 14.6 Å². The van der Waals surface area contributed by atoms with Gasteiger partial charge in [-0.3, -0.25) is 0 Å².